The summed E-state index contributed by atoms with van der Waals surface area (Å²) >= 11 is 0. The molecule has 9 nitrogen and oxygen atoms in total. The lowest BCUT2D eigenvalue weighted by Crippen LogP contribution is -2.18. The highest BCUT2D eigenvalue weighted by Crippen LogP contribution is 2.56. The van der Waals surface area contributed by atoms with Crippen LogP contribution < -0.4 is 0 Å². The first-order chi connectivity index (χ1) is 24.4. The fraction of sp³-hybridized carbons (Fsp3) is 0.222. The van der Waals surface area contributed by atoms with Crippen LogP contribution in [0, 0.1) is 34.0 Å². The van der Waals surface area contributed by atoms with Gasteiger partial charge in [-0.15, -0.1) is 0 Å². The van der Waals surface area contributed by atoms with Gasteiger partial charge in [-0.3, -0.25) is 0 Å². The first-order valence-electron chi connectivity index (χ1n) is 13.0. The highest BCUT2D eigenvalue weighted by atomic mass is 19.4. The fourth-order valence-corrected chi connectivity index (χ4v) is 4.20. The van der Waals surface area contributed by atoms with Crippen LogP contribution in [0.2, 0.25) is 0 Å². The van der Waals surface area contributed by atoms with E-state index in [1.54, 1.807) is 0 Å². The van der Waals surface area contributed by atoms with Crippen molar-refractivity contribution in [2.24, 2.45) is 0 Å². The number of alkyl halides is 18. The molecule has 0 atom stereocenters. The van der Waals surface area contributed by atoms with E-state index in [1.165, 1.54) is 0 Å². The van der Waals surface area contributed by atoms with E-state index in [1.807, 2.05) is 0 Å². The summed E-state index contributed by atoms with van der Waals surface area (Å²) in [5.41, 5.74) is -21.6. The van der Waals surface area contributed by atoms with Gasteiger partial charge in [-0.25, -0.2) is 29.9 Å². The molecule has 0 unspecified atom stereocenters. The van der Waals surface area contributed by atoms with E-state index in [2.05, 4.69) is 29.9 Å². The maximum atomic E-state index is 13.6. The Bertz CT molecular complexity index is 1920. The lowest BCUT2D eigenvalue weighted by Gasteiger charge is -2.12. The summed E-state index contributed by atoms with van der Waals surface area (Å²) in [6.07, 6.45) is -34.8. The number of allylic oxidation sites excluding steroid dienone is 6. The first-order valence-corrected chi connectivity index (χ1v) is 13.0. The minimum Gasteiger partial charge on any atom is -0.224 e. The molecule has 0 spiro atoms. The second-order valence-corrected chi connectivity index (χ2v) is 9.96. The third-order valence-corrected chi connectivity index (χ3v) is 6.35. The molecule has 4 rings (SSSR count). The lowest BCUT2D eigenvalue weighted by atomic mass is 10.1. The predicted molar refractivity (Wildman–Crippen MR) is 134 cm³/mol. The highest BCUT2D eigenvalue weighted by molar-refractivity contribution is 6.11. The van der Waals surface area contributed by atoms with Gasteiger partial charge in [0.25, 0.3) is 0 Å². The smallest absolute Gasteiger partial charge is 0.224 e. The Labute approximate surface area is 283 Å². The van der Waals surface area contributed by atoms with E-state index >= 15 is 0 Å². The molecule has 1 aliphatic rings. The molecule has 0 N–H and O–H groups in total. The number of hydrogen-bond acceptors (Lipinski definition) is 9. The Hall–Kier alpha value is -6.33. The number of aromatic nitrogens is 6. The number of nitrogens with zero attached hydrogens (tertiary/aromatic N) is 9. The zero-order chi connectivity index (χ0) is 41.1. The van der Waals surface area contributed by atoms with Gasteiger partial charge >= 0.3 is 37.1 Å². The second-order valence-electron chi connectivity index (χ2n) is 9.96. The maximum Gasteiger partial charge on any atom is 0.451 e. The molecule has 0 radical (unpaired) electrons. The van der Waals surface area contributed by atoms with Crippen molar-refractivity contribution in [1.82, 2.24) is 29.9 Å². The molecule has 0 amide bonds. The third kappa shape index (κ3) is 8.16. The third-order valence-electron chi connectivity index (χ3n) is 6.35. The SMILES string of the molecule is N#CC(=C1C(=C(C#N)c2cc(C(F)(F)F)nc(C(F)(F)F)n2)C1=C(C#N)c1cc(C(F)(F)F)nc(C(F)(F)F)n1)c1cc(C(F)(F)F)nc(C(F)(F)F)n1. The number of hydrogen-bond donors (Lipinski definition) is 0. The molecule has 3 aromatic heterocycles. The maximum absolute atomic E-state index is 13.6. The topological polar surface area (TPSA) is 149 Å². The minimum absolute atomic E-state index is 0.366. The van der Waals surface area contributed by atoms with Gasteiger partial charge in [-0.05, 0) is 18.2 Å². The van der Waals surface area contributed by atoms with Gasteiger partial charge < -0.3 is 0 Å². The van der Waals surface area contributed by atoms with Crippen LogP contribution in [-0.2, 0) is 37.1 Å². The largest absolute Gasteiger partial charge is 0.451 e. The average Bonchev–Trinajstić information content (AvgIpc) is 3.72. The van der Waals surface area contributed by atoms with E-state index in [-0.39, 0.29) is 18.2 Å². The molecule has 27 heteroatoms. The standard InChI is InChI=1S/C27H3F18N9/c28-22(29,30)13-1-10(49-19(52-13)25(37,38)39)7(4-46)16-17(8(5-47)11-2-14(23(31,32)33)53-20(50-11)26(40,41)42)18(16)9(6-48)12-3-15(24(34,35)36)54-21(51-12)27(43,44)45/h1-3H. The quantitative estimate of drug-likeness (QED) is 0.188. The van der Waals surface area contributed by atoms with Gasteiger partial charge in [0, 0.05) is 16.7 Å². The Balaban J connectivity index is 2.30. The number of rotatable bonds is 3. The fourth-order valence-electron chi connectivity index (χ4n) is 4.20. The molecule has 3 heterocycles. The van der Waals surface area contributed by atoms with Crippen molar-refractivity contribution < 1.29 is 79.0 Å². The zero-order valence-electron chi connectivity index (χ0n) is 24.6. The van der Waals surface area contributed by atoms with Crippen molar-refractivity contribution in [2.75, 3.05) is 0 Å². The van der Waals surface area contributed by atoms with E-state index in [4.69, 9.17) is 0 Å². The van der Waals surface area contributed by atoms with Gasteiger partial charge in [0.15, 0.2) is 0 Å². The molecule has 54 heavy (non-hydrogen) atoms. The zero-order valence-corrected chi connectivity index (χ0v) is 24.6. The second kappa shape index (κ2) is 13.0. The van der Waals surface area contributed by atoms with Gasteiger partial charge in [0.2, 0.25) is 17.5 Å². The molecule has 0 bridgehead atoms. The summed E-state index contributed by atoms with van der Waals surface area (Å²) in [7, 11) is 0. The van der Waals surface area contributed by atoms with Crippen LogP contribution in [0.4, 0.5) is 79.0 Å². The summed E-state index contributed by atoms with van der Waals surface area (Å²) in [5.74, 6) is -7.88. The molecule has 0 saturated heterocycles. The van der Waals surface area contributed by atoms with Gasteiger partial charge in [0.1, 0.15) is 35.3 Å². The average molecular weight is 795 g/mol. The summed E-state index contributed by atoms with van der Waals surface area (Å²) in [4.78, 5) is 15.0. The molecule has 1 fully saturated rings. The van der Waals surface area contributed by atoms with Crippen LogP contribution in [0.15, 0.2) is 34.9 Å². The van der Waals surface area contributed by atoms with Crippen molar-refractivity contribution in [3.05, 3.63) is 86.6 Å². The van der Waals surface area contributed by atoms with E-state index in [0.717, 1.165) is 18.2 Å². The monoisotopic (exact) mass is 795 g/mol. The van der Waals surface area contributed by atoms with Crippen LogP contribution in [0.1, 0.15) is 51.6 Å². The molecule has 0 aromatic carbocycles. The van der Waals surface area contributed by atoms with Crippen molar-refractivity contribution in [3.8, 4) is 18.2 Å². The summed E-state index contributed by atoms with van der Waals surface area (Å²) < 4.78 is 244. The number of halogens is 18. The van der Waals surface area contributed by atoms with Crippen LogP contribution in [0.25, 0.3) is 16.7 Å². The van der Waals surface area contributed by atoms with Crippen molar-refractivity contribution in [3.63, 3.8) is 0 Å². The predicted octanol–water partition coefficient (Wildman–Crippen LogP) is 8.41. The van der Waals surface area contributed by atoms with Crippen LogP contribution in [-0.4, -0.2) is 29.9 Å². The van der Waals surface area contributed by atoms with Gasteiger partial charge in [-0.1, -0.05) is 0 Å². The molecule has 3 aromatic rings. The molecule has 1 saturated carbocycles. The molecule has 282 valence electrons. The van der Waals surface area contributed by atoms with Crippen LogP contribution >= 0.6 is 0 Å². The summed E-state index contributed by atoms with van der Waals surface area (Å²) in [5, 5.41) is 29.6. The van der Waals surface area contributed by atoms with E-state index < -0.39 is 122 Å². The molecular weight excluding hydrogens is 792 g/mol. The van der Waals surface area contributed by atoms with E-state index in [0.29, 0.717) is 0 Å². The Morgan fingerprint density at radius 2 is 0.556 bits per heavy atom. The molecule has 0 aliphatic heterocycles. The Kier molecular flexibility index (Phi) is 9.70. The van der Waals surface area contributed by atoms with Crippen LogP contribution in [0.5, 0.6) is 0 Å². The van der Waals surface area contributed by atoms with Crippen molar-refractivity contribution >= 4 is 16.7 Å². The Morgan fingerprint density at radius 3 is 0.704 bits per heavy atom. The minimum atomic E-state index is -5.84. The van der Waals surface area contributed by atoms with Crippen molar-refractivity contribution in [2.45, 2.75) is 37.1 Å². The van der Waals surface area contributed by atoms with Crippen molar-refractivity contribution in [1.29, 1.82) is 15.8 Å². The lowest BCUT2D eigenvalue weighted by molar-refractivity contribution is -0.154. The molecular formula is C27H3F18N9. The van der Waals surface area contributed by atoms with Gasteiger partial charge in [-0.2, -0.15) is 94.8 Å². The number of nitriles is 3. The first kappa shape index (κ1) is 40.4. The molecule has 1 aliphatic carbocycles. The normalized spacial score (nSPS) is 13.9. The summed E-state index contributed by atoms with van der Waals surface area (Å²) in [6.45, 7) is 0. The van der Waals surface area contributed by atoms with E-state index in [9.17, 15) is 94.8 Å². The van der Waals surface area contributed by atoms with Gasteiger partial charge in [0.05, 0.1) is 33.8 Å². The Morgan fingerprint density at radius 1 is 0.352 bits per heavy atom. The summed E-state index contributed by atoms with van der Waals surface area (Å²) in [6, 6.07) is 1.85. The van der Waals surface area contributed by atoms with Crippen LogP contribution in [0.3, 0.4) is 0 Å². The highest BCUT2D eigenvalue weighted by Gasteiger charge is 2.48.